The molecule has 3 atom stereocenters. The van der Waals surface area contributed by atoms with E-state index in [0.29, 0.717) is 0 Å². The molecule has 0 amide bonds. The summed E-state index contributed by atoms with van der Waals surface area (Å²) in [6, 6.07) is -0.620. The van der Waals surface area contributed by atoms with Gasteiger partial charge in [-0.15, -0.1) is 0 Å². The van der Waals surface area contributed by atoms with Crippen molar-refractivity contribution in [2.75, 3.05) is 0 Å². The molecule has 216 valence electrons. The minimum atomic E-state index is -2.64. The monoisotopic (exact) mass is 661 g/mol. The van der Waals surface area contributed by atoms with Crippen molar-refractivity contribution >= 4 is 45.3 Å². The average Bonchev–Trinajstić information content (AvgIpc) is 3.09. The van der Waals surface area contributed by atoms with Crippen LogP contribution in [0.2, 0.25) is 31.4 Å². The van der Waals surface area contributed by atoms with Crippen LogP contribution >= 0.6 is 8.95 Å². The number of esters is 1. The molecule has 0 spiro atoms. The molecule has 7 heteroatoms. The van der Waals surface area contributed by atoms with Gasteiger partial charge in [-0.25, -0.2) is 0 Å². The zero-order chi connectivity index (χ0) is 28.7. The van der Waals surface area contributed by atoms with Gasteiger partial charge in [0.15, 0.2) is 0 Å². The van der Waals surface area contributed by atoms with Gasteiger partial charge in [0, 0.05) is 0 Å². The predicted octanol–water partition coefficient (Wildman–Crippen LogP) is 9.77. The Morgan fingerprint density at radius 1 is 0.973 bits per heavy atom. The first-order valence-corrected chi connectivity index (χ1v) is 28.0. The Kier molecular flexibility index (Phi) is 14.0. The van der Waals surface area contributed by atoms with Gasteiger partial charge in [0.2, 0.25) is 0 Å². The Morgan fingerprint density at radius 2 is 1.43 bits per heavy atom. The van der Waals surface area contributed by atoms with Crippen LogP contribution in [0.25, 0.3) is 0 Å². The van der Waals surface area contributed by atoms with E-state index in [2.05, 4.69) is 77.1 Å². The van der Waals surface area contributed by atoms with Gasteiger partial charge >= 0.3 is 239 Å². The van der Waals surface area contributed by atoms with Crippen molar-refractivity contribution in [3.63, 3.8) is 0 Å². The Morgan fingerprint density at radius 3 is 1.78 bits per heavy atom. The molecule has 37 heavy (non-hydrogen) atoms. The number of hydrogen-bond donors (Lipinski definition) is 0. The quantitative estimate of drug-likeness (QED) is 0.106. The normalized spacial score (nSPS) is 21.2. The molecule has 0 aromatic carbocycles. The van der Waals surface area contributed by atoms with Crippen LogP contribution in [0.3, 0.4) is 0 Å². The number of carbonyl (C=O) groups excluding carboxylic acids is 1. The predicted molar refractivity (Wildman–Crippen MR) is 170 cm³/mol. The molecule has 0 aromatic heterocycles. The zero-order valence-corrected chi connectivity index (χ0v) is 31.1. The van der Waals surface area contributed by atoms with E-state index >= 15 is 0 Å². The zero-order valence-electron chi connectivity index (χ0n) is 26.4. The molecule has 0 fully saturated rings. The van der Waals surface area contributed by atoms with Gasteiger partial charge in [-0.1, -0.05) is 0 Å². The van der Waals surface area contributed by atoms with Crippen LogP contribution < -0.4 is 0 Å². The fourth-order valence-corrected chi connectivity index (χ4v) is 28.9. The Bertz CT molecular complexity index is 763. The maximum absolute atomic E-state index is 13.6. The Labute approximate surface area is 238 Å². The first-order valence-electron chi connectivity index (χ1n) is 14.8. The van der Waals surface area contributed by atoms with E-state index < -0.39 is 37.0 Å². The van der Waals surface area contributed by atoms with E-state index in [-0.39, 0.29) is 23.0 Å². The number of hydrogen-bond acceptors (Lipinski definition) is 5. The minimum absolute atomic E-state index is 0.0300. The van der Waals surface area contributed by atoms with Crippen LogP contribution in [-0.4, -0.2) is 54.1 Å². The number of carbonyl (C=O) groups is 1. The van der Waals surface area contributed by atoms with Crippen LogP contribution in [-0.2, 0) is 14.0 Å². The van der Waals surface area contributed by atoms with Gasteiger partial charge in [0.05, 0.1) is 0 Å². The first kappa shape index (κ1) is 35.2. The molecule has 0 N–H and O–H groups in total. The van der Waals surface area contributed by atoms with E-state index in [0.717, 1.165) is 10.6 Å². The number of nitrogens with zero attached hydrogens (tertiary/aromatic N) is 1. The third kappa shape index (κ3) is 10.6. The Hall–Kier alpha value is 0.206. The van der Waals surface area contributed by atoms with Crippen molar-refractivity contribution in [1.82, 2.24) is 0 Å². The summed E-state index contributed by atoms with van der Waals surface area (Å²) < 4.78 is 17.1. The number of aliphatic imine (C=N–C) groups is 1. The van der Waals surface area contributed by atoms with Gasteiger partial charge in [0.25, 0.3) is 0 Å². The molecule has 1 heterocycles. The summed E-state index contributed by atoms with van der Waals surface area (Å²) in [5, 5.41) is 1.17. The molecule has 1 aliphatic rings. The second-order valence-corrected chi connectivity index (χ2v) is 37.7. The number of unbranched alkanes of at least 4 members (excludes halogenated alkanes) is 3. The van der Waals surface area contributed by atoms with Gasteiger partial charge in [-0.05, 0) is 0 Å². The summed E-state index contributed by atoms with van der Waals surface area (Å²) >= 11 is -2.64. The molecule has 0 saturated heterocycles. The Balaban J connectivity index is 3.59. The van der Waals surface area contributed by atoms with Crippen molar-refractivity contribution in [3.8, 4) is 0 Å². The third-order valence-corrected chi connectivity index (χ3v) is 33.8. The van der Waals surface area contributed by atoms with E-state index in [1.807, 2.05) is 20.8 Å². The summed E-state index contributed by atoms with van der Waals surface area (Å²) in [5.74, 6) is -0.285. The van der Waals surface area contributed by atoms with Crippen LogP contribution in [0.4, 0.5) is 0 Å². The standard InChI is InChI=1S/C18H33NO3SSi.3C4H9.Sn/c1-11(2)12-14(22-24(9,10)18(6,7)8)13(19-15(12)23)16(20)21-17(3,4)5;3*1-3-4-2;/h12-14H,1H2,2-10H3,(H,19,23);3*1,3-4H2,2H3;/q;;;;+1/p-1. The summed E-state index contributed by atoms with van der Waals surface area (Å²) in [5.41, 5.74) is 0.498. The molecule has 4 nitrogen and oxygen atoms in total. The summed E-state index contributed by atoms with van der Waals surface area (Å²) in [6.45, 7) is 30.6. The average molecular weight is 661 g/mol. The van der Waals surface area contributed by atoms with E-state index in [1.165, 1.54) is 51.8 Å². The summed E-state index contributed by atoms with van der Waals surface area (Å²) in [4.78, 5) is 18.8. The second kappa shape index (κ2) is 14.7. The third-order valence-electron chi connectivity index (χ3n) is 7.87. The van der Waals surface area contributed by atoms with Gasteiger partial charge in [-0.2, -0.15) is 0 Å². The molecule has 3 unspecified atom stereocenters. The van der Waals surface area contributed by atoms with Gasteiger partial charge in [-0.3, -0.25) is 0 Å². The number of ether oxygens (including phenoxy) is 1. The fourth-order valence-electron chi connectivity index (χ4n) is 4.64. The van der Waals surface area contributed by atoms with Crippen molar-refractivity contribution in [2.24, 2.45) is 10.9 Å². The molecule has 0 bridgehead atoms. The SMILES string of the molecule is C=C(C)C1C([S][Sn]([CH2]CCC)([CH2]CCC)[CH2]CCC)=NC(C(=O)OC(C)(C)C)C1O[Si](C)(C)C(C)(C)C. The van der Waals surface area contributed by atoms with Gasteiger partial charge in [0.1, 0.15) is 0 Å². The van der Waals surface area contributed by atoms with Crippen LogP contribution in [0.1, 0.15) is 108 Å². The van der Waals surface area contributed by atoms with Crippen LogP contribution in [0.5, 0.6) is 0 Å². The topological polar surface area (TPSA) is 47.9 Å². The van der Waals surface area contributed by atoms with E-state index in [4.69, 9.17) is 14.2 Å². The maximum atomic E-state index is 13.6. The molecule has 1 aliphatic heterocycles. The molecule has 0 radical (unpaired) electrons. The summed E-state index contributed by atoms with van der Waals surface area (Å²) in [7, 11) is -0.0102. The van der Waals surface area contributed by atoms with E-state index in [9.17, 15) is 4.79 Å². The molecule has 0 aliphatic carbocycles. The van der Waals surface area contributed by atoms with Crippen LogP contribution in [0, 0.1) is 5.92 Å². The van der Waals surface area contributed by atoms with Gasteiger partial charge < -0.3 is 0 Å². The number of rotatable bonds is 14. The molecular weight excluding hydrogens is 601 g/mol. The van der Waals surface area contributed by atoms with Crippen molar-refractivity contribution < 1.29 is 14.0 Å². The molecular formula is C30H59NO3SSiSn. The molecule has 0 saturated carbocycles. The van der Waals surface area contributed by atoms with E-state index in [1.54, 1.807) is 0 Å². The second-order valence-electron chi connectivity index (χ2n) is 13.7. The van der Waals surface area contributed by atoms with Crippen LogP contribution in [0.15, 0.2) is 17.1 Å². The van der Waals surface area contributed by atoms with Crippen molar-refractivity contribution in [1.29, 1.82) is 0 Å². The first-order chi connectivity index (χ1) is 16.9. The molecule has 0 aromatic rings. The molecule has 1 rings (SSSR count). The fraction of sp³-hybridized carbons (Fsp3) is 0.867. The summed E-state index contributed by atoms with van der Waals surface area (Å²) in [6.07, 6.45) is 7.31. The van der Waals surface area contributed by atoms with Crippen molar-refractivity contribution in [2.45, 2.75) is 157 Å². The van der Waals surface area contributed by atoms with Crippen molar-refractivity contribution in [3.05, 3.63) is 12.2 Å².